The summed E-state index contributed by atoms with van der Waals surface area (Å²) in [5, 5.41) is 3.53. The van der Waals surface area contributed by atoms with E-state index in [9.17, 15) is 8.42 Å². The monoisotopic (exact) mass is 423 g/mol. The van der Waals surface area contributed by atoms with Crippen LogP contribution in [0.5, 0.6) is 11.5 Å². The zero-order valence-electron chi connectivity index (χ0n) is 16.6. The first-order valence-electron chi connectivity index (χ1n) is 8.45. The van der Waals surface area contributed by atoms with Crippen LogP contribution in [0.2, 0.25) is 0 Å². The van der Waals surface area contributed by atoms with E-state index in [1.807, 2.05) is 30.1 Å². The van der Waals surface area contributed by atoms with E-state index in [4.69, 9.17) is 21.7 Å². The summed E-state index contributed by atoms with van der Waals surface area (Å²) < 4.78 is 36.6. The third-order valence-electron chi connectivity index (χ3n) is 4.10. The highest BCUT2D eigenvalue weighted by Crippen LogP contribution is 2.31. The van der Waals surface area contributed by atoms with Gasteiger partial charge >= 0.3 is 0 Å². The highest BCUT2D eigenvalue weighted by molar-refractivity contribution is 7.89. The van der Waals surface area contributed by atoms with Crippen LogP contribution in [0.1, 0.15) is 5.56 Å². The van der Waals surface area contributed by atoms with Gasteiger partial charge in [0.15, 0.2) is 16.6 Å². The molecule has 0 bridgehead atoms. The summed E-state index contributed by atoms with van der Waals surface area (Å²) in [6, 6.07) is 12.2. The number of nitrogens with one attached hydrogen (secondary N) is 1. The van der Waals surface area contributed by atoms with E-state index < -0.39 is 10.0 Å². The lowest BCUT2D eigenvalue weighted by Gasteiger charge is -2.23. The normalized spacial score (nSPS) is 11.2. The number of anilines is 1. The summed E-state index contributed by atoms with van der Waals surface area (Å²) in [7, 11) is 4.50. The molecule has 152 valence electrons. The number of hydrogen-bond donors (Lipinski definition) is 1. The maximum atomic E-state index is 12.3. The fourth-order valence-corrected chi connectivity index (χ4v) is 3.70. The van der Waals surface area contributed by atoms with Gasteiger partial charge in [-0.2, -0.15) is 0 Å². The van der Waals surface area contributed by atoms with E-state index >= 15 is 0 Å². The standard InChI is InChI=1S/C19H25N3O4S2/c1-21(2)28(23,24)16-10-7-9-15(12-16)20-19(27)22(3)13-14-8-6-11-17(25-4)18(14)26-5/h6-12H,13H2,1-5H3,(H,20,27). The van der Waals surface area contributed by atoms with E-state index in [0.717, 1.165) is 5.56 Å². The molecule has 0 aliphatic rings. The average Bonchev–Trinajstić information content (AvgIpc) is 2.67. The van der Waals surface area contributed by atoms with Crippen molar-refractivity contribution < 1.29 is 17.9 Å². The maximum absolute atomic E-state index is 12.3. The van der Waals surface area contributed by atoms with Crippen molar-refractivity contribution in [1.29, 1.82) is 0 Å². The van der Waals surface area contributed by atoms with Gasteiger partial charge in [0, 0.05) is 38.9 Å². The first-order chi connectivity index (χ1) is 13.2. The van der Waals surface area contributed by atoms with Gasteiger partial charge < -0.3 is 19.7 Å². The van der Waals surface area contributed by atoms with Gasteiger partial charge in [-0.05, 0) is 36.5 Å². The molecule has 0 fully saturated rings. The molecule has 0 aliphatic heterocycles. The number of methoxy groups -OCH3 is 2. The molecular weight excluding hydrogens is 398 g/mol. The van der Waals surface area contributed by atoms with Crippen molar-refractivity contribution in [3.8, 4) is 11.5 Å². The maximum Gasteiger partial charge on any atom is 0.242 e. The van der Waals surface area contributed by atoms with Crippen LogP contribution in [0.25, 0.3) is 0 Å². The zero-order valence-corrected chi connectivity index (χ0v) is 18.2. The number of thiocarbonyl (C=S) groups is 1. The van der Waals surface area contributed by atoms with Crippen LogP contribution in [0.4, 0.5) is 5.69 Å². The Kier molecular flexibility index (Phi) is 7.22. The Bertz CT molecular complexity index is 946. The van der Waals surface area contributed by atoms with Crippen LogP contribution in [0, 0.1) is 0 Å². The number of nitrogens with zero attached hydrogens (tertiary/aromatic N) is 2. The summed E-state index contributed by atoms with van der Waals surface area (Å²) >= 11 is 5.47. The van der Waals surface area contributed by atoms with Crippen LogP contribution in [-0.4, -0.2) is 58.1 Å². The fraction of sp³-hybridized carbons (Fsp3) is 0.316. The molecule has 0 aliphatic carbocycles. The predicted molar refractivity (Wildman–Crippen MR) is 115 cm³/mol. The number of sulfonamides is 1. The molecule has 0 heterocycles. The summed E-state index contributed by atoms with van der Waals surface area (Å²) in [4.78, 5) is 2.03. The van der Waals surface area contributed by atoms with Crippen molar-refractivity contribution in [2.75, 3.05) is 40.7 Å². The van der Waals surface area contributed by atoms with E-state index in [1.54, 1.807) is 38.5 Å². The second kappa shape index (κ2) is 9.22. The SMILES string of the molecule is COc1cccc(CN(C)C(=S)Nc2cccc(S(=O)(=O)N(C)C)c2)c1OC. The third-order valence-corrected chi connectivity index (χ3v) is 6.33. The average molecular weight is 424 g/mol. The molecule has 0 atom stereocenters. The molecule has 0 saturated heterocycles. The summed E-state index contributed by atoms with van der Waals surface area (Å²) in [5.41, 5.74) is 1.51. The molecule has 2 rings (SSSR count). The number of rotatable bonds is 7. The van der Waals surface area contributed by atoms with E-state index in [1.165, 1.54) is 18.4 Å². The largest absolute Gasteiger partial charge is 0.493 e. The van der Waals surface area contributed by atoms with Crippen molar-refractivity contribution in [1.82, 2.24) is 9.21 Å². The molecule has 0 unspecified atom stereocenters. The van der Waals surface area contributed by atoms with Gasteiger partial charge in [0.05, 0.1) is 19.1 Å². The van der Waals surface area contributed by atoms with Crippen LogP contribution < -0.4 is 14.8 Å². The van der Waals surface area contributed by atoms with Crippen LogP contribution in [-0.2, 0) is 16.6 Å². The van der Waals surface area contributed by atoms with Gasteiger partial charge in [0.25, 0.3) is 0 Å². The van der Waals surface area contributed by atoms with Crippen molar-refractivity contribution in [2.45, 2.75) is 11.4 Å². The zero-order chi connectivity index (χ0) is 20.9. The lowest BCUT2D eigenvalue weighted by Crippen LogP contribution is -2.31. The van der Waals surface area contributed by atoms with E-state index in [2.05, 4.69) is 5.32 Å². The van der Waals surface area contributed by atoms with Gasteiger partial charge in [0.2, 0.25) is 10.0 Å². The van der Waals surface area contributed by atoms with Crippen molar-refractivity contribution in [3.63, 3.8) is 0 Å². The lowest BCUT2D eigenvalue weighted by atomic mass is 10.1. The Labute approximate surface area is 171 Å². The molecule has 2 aromatic rings. The Morgan fingerprint density at radius 1 is 1.07 bits per heavy atom. The molecule has 7 nitrogen and oxygen atoms in total. The molecule has 28 heavy (non-hydrogen) atoms. The van der Waals surface area contributed by atoms with E-state index in [-0.39, 0.29) is 4.90 Å². The molecule has 9 heteroatoms. The molecule has 0 radical (unpaired) electrons. The van der Waals surface area contributed by atoms with E-state index in [0.29, 0.717) is 28.8 Å². The minimum absolute atomic E-state index is 0.197. The number of para-hydroxylation sites is 1. The summed E-state index contributed by atoms with van der Waals surface area (Å²) in [6.07, 6.45) is 0. The van der Waals surface area contributed by atoms with Crippen LogP contribution in [0.3, 0.4) is 0 Å². The first-order valence-corrected chi connectivity index (χ1v) is 10.3. The first kappa shape index (κ1) is 21.9. The molecule has 2 aromatic carbocycles. The summed E-state index contributed by atoms with van der Waals surface area (Å²) in [5.74, 6) is 1.30. The predicted octanol–water partition coefficient (Wildman–Crippen LogP) is 2.78. The molecular formula is C19H25N3O4S2. The topological polar surface area (TPSA) is 71.1 Å². The smallest absolute Gasteiger partial charge is 0.242 e. The van der Waals surface area contributed by atoms with Crippen molar-refractivity contribution >= 4 is 33.0 Å². The highest BCUT2D eigenvalue weighted by atomic mass is 32.2. The van der Waals surface area contributed by atoms with Crippen LogP contribution in [0.15, 0.2) is 47.4 Å². The molecule has 0 saturated carbocycles. The highest BCUT2D eigenvalue weighted by Gasteiger charge is 2.18. The molecule has 0 aromatic heterocycles. The number of hydrogen-bond acceptors (Lipinski definition) is 5. The van der Waals surface area contributed by atoms with Gasteiger partial charge in [-0.1, -0.05) is 18.2 Å². The Hall–Kier alpha value is -2.36. The molecule has 0 spiro atoms. The van der Waals surface area contributed by atoms with Gasteiger partial charge in [-0.15, -0.1) is 0 Å². The second-order valence-corrected chi connectivity index (χ2v) is 8.79. The quantitative estimate of drug-likeness (QED) is 0.687. The van der Waals surface area contributed by atoms with Gasteiger partial charge in [-0.3, -0.25) is 0 Å². The van der Waals surface area contributed by atoms with Gasteiger partial charge in [-0.25, -0.2) is 12.7 Å². The van der Waals surface area contributed by atoms with Crippen molar-refractivity contribution in [3.05, 3.63) is 48.0 Å². The Morgan fingerprint density at radius 2 is 1.75 bits per heavy atom. The number of benzene rings is 2. The second-order valence-electron chi connectivity index (χ2n) is 6.25. The minimum Gasteiger partial charge on any atom is -0.493 e. The third kappa shape index (κ3) is 4.92. The minimum atomic E-state index is -3.51. The lowest BCUT2D eigenvalue weighted by molar-refractivity contribution is 0.347. The number of ether oxygens (including phenoxy) is 2. The Balaban J connectivity index is 2.16. The molecule has 0 amide bonds. The van der Waals surface area contributed by atoms with Crippen LogP contribution >= 0.6 is 12.2 Å². The summed E-state index contributed by atoms with van der Waals surface area (Å²) in [6.45, 7) is 0.488. The van der Waals surface area contributed by atoms with Gasteiger partial charge in [0.1, 0.15) is 0 Å². The van der Waals surface area contributed by atoms with Crippen molar-refractivity contribution in [2.24, 2.45) is 0 Å². The fourth-order valence-electron chi connectivity index (χ4n) is 2.57. The molecule has 1 N–H and O–H groups in total. The Morgan fingerprint density at radius 3 is 2.36 bits per heavy atom.